The molecular formula is C17H20FNO4S. The number of hydrogen-bond acceptors (Lipinski definition) is 4. The lowest BCUT2D eigenvalue weighted by Crippen LogP contribution is -2.15. The highest BCUT2D eigenvalue weighted by molar-refractivity contribution is 7.92. The molecule has 2 rings (SSSR count). The van der Waals surface area contributed by atoms with Gasteiger partial charge in [-0.15, -0.1) is 0 Å². The first-order valence-corrected chi connectivity index (χ1v) is 8.84. The van der Waals surface area contributed by atoms with Gasteiger partial charge in [0.05, 0.1) is 24.8 Å². The van der Waals surface area contributed by atoms with Gasteiger partial charge in [-0.05, 0) is 42.7 Å². The van der Waals surface area contributed by atoms with E-state index in [0.29, 0.717) is 29.0 Å². The van der Waals surface area contributed by atoms with Crippen molar-refractivity contribution < 1.29 is 22.3 Å². The average molecular weight is 353 g/mol. The maximum absolute atomic E-state index is 13.9. The molecule has 0 radical (unpaired) electrons. The van der Waals surface area contributed by atoms with Crippen LogP contribution in [0.5, 0.6) is 11.5 Å². The van der Waals surface area contributed by atoms with Gasteiger partial charge < -0.3 is 9.47 Å². The standard InChI is InChI=1S/C17H20FNO4S/c1-5-12-6-7-13(9-14(12)18)19-24(20,21)17-10-16(23-4)15(22-3)8-11(17)2/h6-10,19H,5H2,1-4H3. The maximum atomic E-state index is 13.9. The molecule has 0 fully saturated rings. The fraction of sp³-hybridized carbons (Fsp3) is 0.294. The van der Waals surface area contributed by atoms with E-state index >= 15 is 0 Å². The maximum Gasteiger partial charge on any atom is 0.262 e. The van der Waals surface area contributed by atoms with Crippen LogP contribution in [0.25, 0.3) is 0 Å². The zero-order valence-electron chi connectivity index (χ0n) is 14.0. The van der Waals surface area contributed by atoms with Gasteiger partial charge >= 0.3 is 0 Å². The molecule has 0 aromatic heterocycles. The van der Waals surface area contributed by atoms with Crippen molar-refractivity contribution in [2.24, 2.45) is 0 Å². The fourth-order valence-electron chi connectivity index (χ4n) is 2.36. The van der Waals surface area contributed by atoms with Gasteiger partial charge in [0.1, 0.15) is 5.82 Å². The van der Waals surface area contributed by atoms with E-state index in [9.17, 15) is 12.8 Å². The molecule has 0 bridgehead atoms. The highest BCUT2D eigenvalue weighted by atomic mass is 32.2. The quantitative estimate of drug-likeness (QED) is 0.863. The van der Waals surface area contributed by atoms with E-state index in [1.54, 1.807) is 19.1 Å². The zero-order chi connectivity index (χ0) is 17.9. The molecule has 0 amide bonds. The van der Waals surface area contributed by atoms with Crippen molar-refractivity contribution in [3.63, 3.8) is 0 Å². The molecule has 2 aromatic rings. The van der Waals surface area contributed by atoms with Crippen LogP contribution in [0, 0.1) is 12.7 Å². The van der Waals surface area contributed by atoms with Gasteiger partial charge in [-0.2, -0.15) is 0 Å². The highest BCUT2D eigenvalue weighted by Gasteiger charge is 2.21. The van der Waals surface area contributed by atoms with Gasteiger partial charge in [0.2, 0.25) is 0 Å². The second-order valence-electron chi connectivity index (χ2n) is 5.24. The lowest BCUT2D eigenvalue weighted by atomic mass is 10.1. The molecule has 5 nitrogen and oxygen atoms in total. The van der Waals surface area contributed by atoms with Crippen molar-refractivity contribution in [1.82, 2.24) is 0 Å². The molecule has 0 spiro atoms. The van der Waals surface area contributed by atoms with E-state index in [1.807, 2.05) is 6.92 Å². The molecule has 2 aromatic carbocycles. The van der Waals surface area contributed by atoms with Crippen molar-refractivity contribution in [2.45, 2.75) is 25.2 Å². The van der Waals surface area contributed by atoms with Crippen LogP contribution in [0.2, 0.25) is 0 Å². The third-order valence-electron chi connectivity index (χ3n) is 3.66. The Labute approximate surface area is 141 Å². The van der Waals surface area contributed by atoms with Crippen molar-refractivity contribution in [3.8, 4) is 11.5 Å². The van der Waals surface area contributed by atoms with Gasteiger partial charge in [-0.1, -0.05) is 13.0 Å². The smallest absolute Gasteiger partial charge is 0.262 e. The van der Waals surface area contributed by atoms with Crippen LogP contribution in [-0.4, -0.2) is 22.6 Å². The second-order valence-corrected chi connectivity index (χ2v) is 6.89. The largest absolute Gasteiger partial charge is 0.493 e. The lowest BCUT2D eigenvalue weighted by molar-refractivity contribution is 0.353. The molecule has 0 atom stereocenters. The van der Waals surface area contributed by atoms with Crippen molar-refractivity contribution in [1.29, 1.82) is 0 Å². The minimum Gasteiger partial charge on any atom is -0.493 e. The first kappa shape index (κ1) is 18.1. The Hall–Kier alpha value is -2.28. The number of rotatable bonds is 6. The average Bonchev–Trinajstić information content (AvgIpc) is 2.54. The summed E-state index contributed by atoms with van der Waals surface area (Å²) in [6, 6.07) is 7.23. The predicted octanol–water partition coefficient (Wildman–Crippen LogP) is 3.51. The summed E-state index contributed by atoms with van der Waals surface area (Å²) in [6.07, 6.45) is 0.535. The molecule has 1 N–H and O–H groups in total. The molecule has 7 heteroatoms. The summed E-state index contributed by atoms with van der Waals surface area (Å²) in [5.74, 6) is 0.296. The third kappa shape index (κ3) is 3.62. The molecule has 0 aliphatic carbocycles. The molecule has 0 saturated heterocycles. The first-order chi connectivity index (χ1) is 11.3. The summed E-state index contributed by atoms with van der Waals surface area (Å²) < 4.78 is 51.8. The van der Waals surface area contributed by atoms with E-state index in [0.717, 1.165) is 0 Å². The number of anilines is 1. The Morgan fingerprint density at radius 1 is 1.08 bits per heavy atom. The monoisotopic (exact) mass is 353 g/mol. The van der Waals surface area contributed by atoms with Crippen LogP contribution in [0.1, 0.15) is 18.1 Å². The van der Waals surface area contributed by atoms with E-state index in [1.165, 1.54) is 32.4 Å². The van der Waals surface area contributed by atoms with Crippen LogP contribution in [0.3, 0.4) is 0 Å². The van der Waals surface area contributed by atoms with Crippen LogP contribution in [0.4, 0.5) is 10.1 Å². The number of methoxy groups -OCH3 is 2. The van der Waals surface area contributed by atoms with Crippen LogP contribution in [0.15, 0.2) is 35.2 Å². The number of sulfonamides is 1. The number of benzene rings is 2. The normalized spacial score (nSPS) is 11.2. The van der Waals surface area contributed by atoms with Crippen molar-refractivity contribution in [3.05, 3.63) is 47.3 Å². The molecular weight excluding hydrogens is 333 g/mol. The SMILES string of the molecule is CCc1ccc(NS(=O)(=O)c2cc(OC)c(OC)cc2C)cc1F. The molecule has 0 unspecified atom stereocenters. The topological polar surface area (TPSA) is 64.6 Å². The van der Waals surface area contributed by atoms with E-state index in [-0.39, 0.29) is 10.6 Å². The summed E-state index contributed by atoms with van der Waals surface area (Å²) in [4.78, 5) is 0.0418. The second kappa shape index (κ2) is 7.09. The Bertz CT molecular complexity index is 850. The van der Waals surface area contributed by atoms with Gasteiger partial charge in [-0.25, -0.2) is 12.8 Å². The molecule has 24 heavy (non-hydrogen) atoms. The summed E-state index contributed by atoms with van der Waals surface area (Å²) in [5, 5.41) is 0. The number of nitrogens with one attached hydrogen (secondary N) is 1. The van der Waals surface area contributed by atoms with E-state index in [4.69, 9.17) is 9.47 Å². The van der Waals surface area contributed by atoms with Gasteiger partial charge in [0, 0.05) is 6.07 Å². The lowest BCUT2D eigenvalue weighted by Gasteiger charge is -2.14. The first-order valence-electron chi connectivity index (χ1n) is 7.36. The van der Waals surface area contributed by atoms with E-state index in [2.05, 4.69) is 4.72 Å². The number of halogens is 1. The predicted molar refractivity (Wildman–Crippen MR) is 90.9 cm³/mol. The van der Waals surface area contributed by atoms with Crippen LogP contribution >= 0.6 is 0 Å². The minimum absolute atomic E-state index is 0.0418. The summed E-state index contributed by atoms with van der Waals surface area (Å²) in [6.45, 7) is 3.48. The van der Waals surface area contributed by atoms with Gasteiger partial charge in [0.15, 0.2) is 11.5 Å². The van der Waals surface area contributed by atoms with E-state index < -0.39 is 15.8 Å². The summed E-state index contributed by atoms with van der Waals surface area (Å²) in [7, 11) is -0.990. The Morgan fingerprint density at radius 2 is 1.71 bits per heavy atom. The Balaban J connectivity index is 2.42. The zero-order valence-corrected chi connectivity index (χ0v) is 14.8. The van der Waals surface area contributed by atoms with Crippen LogP contribution in [-0.2, 0) is 16.4 Å². The summed E-state index contributed by atoms with van der Waals surface area (Å²) >= 11 is 0. The number of ether oxygens (including phenoxy) is 2. The van der Waals surface area contributed by atoms with Crippen LogP contribution < -0.4 is 14.2 Å². The fourth-order valence-corrected chi connectivity index (χ4v) is 3.65. The highest BCUT2D eigenvalue weighted by Crippen LogP contribution is 2.33. The van der Waals surface area contributed by atoms with Gasteiger partial charge in [0.25, 0.3) is 10.0 Å². The molecule has 0 heterocycles. The Kier molecular flexibility index (Phi) is 5.33. The molecule has 130 valence electrons. The number of aryl methyl sites for hydroxylation is 2. The van der Waals surface area contributed by atoms with Crippen molar-refractivity contribution >= 4 is 15.7 Å². The Morgan fingerprint density at radius 3 is 2.25 bits per heavy atom. The summed E-state index contributed by atoms with van der Waals surface area (Å²) in [5.41, 5.74) is 1.19. The van der Waals surface area contributed by atoms with Gasteiger partial charge in [-0.3, -0.25) is 4.72 Å². The minimum atomic E-state index is -3.89. The number of hydrogen-bond donors (Lipinski definition) is 1. The molecule has 0 aliphatic heterocycles. The third-order valence-corrected chi connectivity index (χ3v) is 5.18. The van der Waals surface area contributed by atoms with Crippen molar-refractivity contribution in [2.75, 3.05) is 18.9 Å². The molecule has 0 saturated carbocycles. The molecule has 0 aliphatic rings.